The number of hydrogen-bond acceptors (Lipinski definition) is 3. The van der Waals surface area contributed by atoms with Gasteiger partial charge < -0.3 is 5.32 Å². The molecule has 21 heavy (non-hydrogen) atoms. The first-order chi connectivity index (χ1) is 10.2. The van der Waals surface area contributed by atoms with Gasteiger partial charge in [-0.25, -0.2) is 4.99 Å². The standard InChI is InChI=1S/C16H11BrN2OS/c17-12-6-4-5-11(9-12)10-14-15(20)19-16(21-14)18-13-7-2-1-3-8-13/h1-10H,(H,18,19,20)/b14-10-. The average Bonchev–Trinajstić information content (AvgIpc) is 2.80. The van der Waals surface area contributed by atoms with Gasteiger partial charge in [0, 0.05) is 4.47 Å². The van der Waals surface area contributed by atoms with Gasteiger partial charge in [0.05, 0.1) is 10.6 Å². The first kappa shape index (κ1) is 14.1. The molecule has 0 bridgehead atoms. The minimum absolute atomic E-state index is 0.116. The van der Waals surface area contributed by atoms with Crippen molar-refractivity contribution in [3.05, 3.63) is 69.5 Å². The summed E-state index contributed by atoms with van der Waals surface area (Å²) in [5, 5.41) is 3.39. The number of nitrogens with zero attached hydrogens (tertiary/aromatic N) is 1. The summed E-state index contributed by atoms with van der Waals surface area (Å²) in [5.41, 5.74) is 1.80. The lowest BCUT2D eigenvalue weighted by atomic mass is 10.2. The molecule has 0 saturated carbocycles. The molecule has 0 atom stereocenters. The molecular formula is C16H11BrN2OS. The molecule has 2 aromatic rings. The summed E-state index contributed by atoms with van der Waals surface area (Å²) in [6.07, 6.45) is 1.86. The lowest BCUT2D eigenvalue weighted by Gasteiger charge is -1.96. The van der Waals surface area contributed by atoms with Crippen LogP contribution in [0.1, 0.15) is 5.56 Å². The maximum atomic E-state index is 12.0. The number of benzene rings is 2. The van der Waals surface area contributed by atoms with Crippen LogP contribution in [0, 0.1) is 0 Å². The van der Waals surface area contributed by atoms with Crippen molar-refractivity contribution >= 4 is 50.5 Å². The number of halogens is 1. The van der Waals surface area contributed by atoms with Crippen molar-refractivity contribution in [3.8, 4) is 0 Å². The lowest BCUT2D eigenvalue weighted by Crippen LogP contribution is -2.19. The first-order valence-electron chi connectivity index (χ1n) is 6.31. The molecule has 1 saturated heterocycles. The summed E-state index contributed by atoms with van der Waals surface area (Å²) in [6.45, 7) is 0. The number of nitrogens with one attached hydrogen (secondary N) is 1. The number of para-hydroxylation sites is 1. The lowest BCUT2D eigenvalue weighted by molar-refractivity contribution is -0.115. The van der Waals surface area contributed by atoms with Crippen LogP contribution in [0.15, 0.2) is 69.0 Å². The van der Waals surface area contributed by atoms with E-state index in [-0.39, 0.29) is 5.91 Å². The van der Waals surface area contributed by atoms with Crippen molar-refractivity contribution in [2.24, 2.45) is 4.99 Å². The molecule has 0 aliphatic carbocycles. The summed E-state index contributed by atoms with van der Waals surface area (Å²) in [6, 6.07) is 17.4. The van der Waals surface area contributed by atoms with Gasteiger partial charge in [-0.3, -0.25) is 4.79 Å². The SMILES string of the molecule is O=C1NC(=Nc2ccccc2)S/C1=C\c1cccc(Br)c1. The Morgan fingerprint density at radius 3 is 2.67 bits per heavy atom. The molecule has 0 radical (unpaired) electrons. The van der Waals surface area contributed by atoms with Gasteiger partial charge in [-0.1, -0.05) is 46.3 Å². The molecule has 1 aliphatic rings. The zero-order chi connectivity index (χ0) is 14.7. The van der Waals surface area contributed by atoms with Gasteiger partial charge in [0.1, 0.15) is 0 Å². The maximum absolute atomic E-state index is 12.0. The third-order valence-corrected chi connectivity index (χ3v) is 4.19. The van der Waals surface area contributed by atoms with Gasteiger partial charge in [-0.2, -0.15) is 0 Å². The molecule has 0 unspecified atom stereocenters. The van der Waals surface area contributed by atoms with Gasteiger partial charge in [-0.05, 0) is 47.7 Å². The van der Waals surface area contributed by atoms with E-state index in [0.717, 1.165) is 15.7 Å². The molecule has 104 valence electrons. The van der Waals surface area contributed by atoms with Crippen molar-refractivity contribution < 1.29 is 4.79 Å². The van der Waals surface area contributed by atoms with Crippen molar-refractivity contribution in [2.75, 3.05) is 0 Å². The Labute approximate surface area is 135 Å². The van der Waals surface area contributed by atoms with E-state index in [9.17, 15) is 4.79 Å². The monoisotopic (exact) mass is 358 g/mol. The van der Waals surface area contributed by atoms with Crippen LogP contribution in [0.3, 0.4) is 0 Å². The van der Waals surface area contributed by atoms with E-state index in [4.69, 9.17) is 0 Å². The van der Waals surface area contributed by atoms with E-state index in [1.54, 1.807) is 0 Å². The highest BCUT2D eigenvalue weighted by Crippen LogP contribution is 2.28. The molecule has 5 heteroatoms. The van der Waals surface area contributed by atoms with E-state index in [1.165, 1.54) is 11.8 Å². The zero-order valence-electron chi connectivity index (χ0n) is 10.9. The van der Waals surface area contributed by atoms with Crippen molar-refractivity contribution in [1.29, 1.82) is 0 Å². The van der Waals surface area contributed by atoms with Gasteiger partial charge in [0.2, 0.25) is 0 Å². The van der Waals surface area contributed by atoms with Gasteiger partial charge >= 0.3 is 0 Å². The molecule has 3 nitrogen and oxygen atoms in total. The minimum atomic E-state index is -0.116. The van der Waals surface area contributed by atoms with Gasteiger partial charge in [-0.15, -0.1) is 0 Å². The van der Waals surface area contributed by atoms with Crippen LogP contribution in [0.2, 0.25) is 0 Å². The van der Waals surface area contributed by atoms with Crippen molar-refractivity contribution in [2.45, 2.75) is 0 Å². The number of amidine groups is 1. The summed E-state index contributed by atoms with van der Waals surface area (Å²) in [7, 11) is 0. The second-order valence-electron chi connectivity index (χ2n) is 4.37. The Hall–Kier alpha value is -1.85. The van der Waals surface area contributed by atoms with Crippen LogP contribution in [0.5, 0.6) is 0 Å². The van der Waals surface area contributed by atoms with Gasteiger partial charge in [0.25, 0.3) is 5.91 Å². The molecule has 1 amide bonds. The highest BCUT2D eigenvalue weighted by atomic mass is 79.9. The number of carbonyl (C=O) groups is 1. The van der Waals surface area contributed by atoms with Crippen molar-refractivity contribution in [1.82, 2.24) is 5.32 Å². The Balaban J connectivity index is 1.84. The highest BCUT2D eigenvalue weighted by Gasteiger charge is 2.23. The fourth-order valence-corrected chi connectivity index (χ4v) is 3.11. The number of hydrogen-bond donors (Lipinski definition) is 1. The molecule has 0 aromatic heterocycles. The molecule has 1 aliphatic heterocycles. The normalized spacial score (nSPS) is 18.2. The Kier molecular flexibility index (Phi) is 4.22. The average molecular weight is 359 g/mol. The molecule has 1 heterocycles. The van der Waals surface area contributed by atoms with Gasteiger partial charge in [0.15, 0.2) is 5.17 Å². The van der Waals surface area contributed by atoms with Crippen LogP contribution < -0.4 is 5.32 Å². The smallest absolute Gasteiger partial charge is 0.264 e. The predicted octanol–water partition coefficient (Wildman–Crippen LogP) is 4.34. The van der Waals surface area contributed by atoms with E-state index in [2.05, 4.69) is 26.2 Å². The van der Waals surface area contributed by atoms with E-state index in [0.29, 0.717) is 10.1 Å². The molecule has 1 N–H and O–H groups in total. The Bertz CT molecular complexity index is 741. The van der Waals surface area contributed by atoms with E-state index in [1.807, 2.05) is 60.7 Å². The molecule has 3 rings (SSSR count). The van der Waals surface area contributed by atoms with Crippen LogP contribution in [-0.2, 0) is 4.79 Å². The molecule has 0 spiro atoms. The minimum Gasteiger partial charge on any atom is -0.300 e. The number of aliphatic imine (C=N–C) groups is 1. The fraction of sp³-hybridized carbons (Fsp3) is 0. The fourth-order valence-electron chi connectivity index (χ4n) is 1.85. The summed E-state index contributed by atoms with van der Waals surface area (Å²) in [5.74, 6) is -0.116. The molecular weight excluding hydrogens is 348 g/mol. The zero-order valence-corrected chi connectivity index (χ0v) is 13.3. The highest BCUT2D eigenvalue weighted by molar-refractivity contribution is 9.10. The molecule has 2 aromatic carbocycles. The summed E-state index contributed by atoms with van der Waals surface area (Å²) >= 11 is 4.77. The van der Waals surface area contributed by atoms with Crippen LogP contribution in [0.25, 0.3) is 6.08 Å². The topological polar surface area (TPSA) is 41.5 Å². The van der Waals surface area contributed by atoms with Crippen LogP contribution in [0.4, 0.5) is 5.69 Å². The number of amides is 1. The number of thioether (sulfide) groups is 1. The Morgan fingerprint density at radius 2 is 1.90 bits per heavy atom. The van der Waals surface area contributed by atoms with E-state index < -0.39 is 0 Å². The van der Waals surface area contributed by atoms with Crippen molar-refractivity contribution in [3.63, 3.8) is 0 Å². The predicted molar refractivity (Wildman–Crippen MR) is 91.4 cm³/mol. The maximum Gasteiger partial charge on any atom is 0.264 e. The largest absolute Gasteiger partial charge is 0.300 e. The molecule has 1 fully saturated rings. The summed E-state index contributed by atoms with van der Waals surface area (Å²) < 4.78 is 0.985. The first-order valence-corrected chi connectivity index (χ1v) is 7.92. The quantitative estimate of drug-likeness (QED) is 0.811. The second kappa shape index (κ2) is 6.28. The van der Waals surface area contributed by atoms with Crippen LogP contribution >= 0.6 is 27.7 Å². The Morgan fingerprint density at radius 1 is 1.10 bits per heavy atom. The summed E-state index contributed by atoms with van der Waals surface area (Å²) in [4.78, 5) is 17.0. The van der Waals surface area contributed by atoms with Crippen LogP contribution in [-0.4, -0.2) is 11.1 Å². The number of rotatable bonds is 2. The second-order valence-corrected chi connectivity index (χ2v) is 6.32. The van der Waals surface area contributed by atoms with E-state index >= 15 is 0 Å². The third-order valence-electron chi connectivity index (χ3n) is 2.78. The number of carbonyl (C=O) groups excluding carboxylic acids is 1. The third kappa shape index (κ3) is 3.62.